The molecule has 4 atom stereocenters. The average molecular weight is 633 g/mol. The van der Waals surface area contributed by atoms with E-state index < -0.39 is 23.9 Å². The van der Waals surface area contributed by atoms with Crippen LogP contribution in [-0.4, -0.2) is 65.3 Å². The van der Waals surface area contributed by atoms with Gasteiger partial charge in [-0.3, -0.25) is 19.4 Å². The van der Waals surface area contributed by atoms with E-state index in [-0.39, 0.29) is 24.4 Å². The largest absolute Gasteiger partial charge is 0.494 e. The zero-order chi connectivity index (χ0) is 32.5. The average Bonchev–Trinajstić information content (AvgIpc) is 3.76. The zero-order valence-electron chi connectivity index (χ0n) is 26.4. The standard InChI is InChI=1S/C36H36N6O5/c1-3-46-27-17-13-23(14-18-27)21-25-9-8-12-29-31(25)38-42(33(29)24-15-19-28(20-16-24)47-4-2)30(43)22-40-34-32(37-39-40)35(44)41(36(34)45)26-10-6-5-7-11-26/h5-7,10-11,13-21,29,32-34H,3-4,8-9,12,22H2,1-2H3/b25-21+/t29-,32+,33-,34+/m1/s1. The summed E-state index contributed by atoms with van der Waals surface area (Å²) in [5.74, 6) is 0.323. The van der Waals surface area contributed by atoms with E-state index in [0.717, 1.165) is 58.1 Å². The summed E-state index contributed by atoms with van der Waals surface area (Å²) in [6.07, 6.45) is 4.81. The summed E-state index contributed by atoms with van der Waals surface area (Å²) in [7, 11) is 0. The monoisotopic (exact) mass is 632 g/mol. The van der Waals surface area contributed by atoms with Crippen LogP contribution in [0.3, 0.4) is 0 Å². The van der Waals surface area contributed by atoms with Gasteiger partial charge in [0.05, 0.1) is 30.7 Å². The van der Waals surface area contributed by atoms with Gasteiger partial charge in [-0.05, 0) is 92.3 Å². The number of fused-ring (bicyclic) bond motifs is 2. The Morgan fingerprint density at radius 1 is 0.872 bits per heavy atom. The van der Waals surface area contributed by atoms with Gasteiger partial charge in [-0.25, -0.2) is 9.91 Å². The van der Waals surface area contributed by atoms with Crippen LogP contribution in [0.5, 0.6) is 11.5 Å². The van der Waals surface area contributed by atoms with Crippen molar-refractivity contribution in [2.75, 3.05) is 24.7 Å². The number of allylic oxidation sites excluding steroid dienone is 1. The lowest BCUT2D eigenvalue weighted by molar-refractivity contribution is -0.136. The van der Waals surface area contributed by atoms with Crippen molar-refractivity contribution in [2.45, 2.75) is 51.2 Å². The molecule has 0 spiro atoms. The van der Waals surface area contributed by atoms with Crippen LogP contribution in [-0.2, 0) is 14.4 Å². The molecule has 47 heavy (non-hydrogen) atoms. The first kappa shape index (κ1) is 30.3. The van der Waals surface area contributed by atoms with E-state index >= 15 is 0 Å². The maximum atomic E-state index is 14.2. The molecule has 1 aliphatic carbocycles. The topological polar surface area (TPSA) is 116 Å². The van der Waals surface area contributed by atoms with E-state index in [0.29, 0.717) is 18.9 Å². The number of carbonyl (C=O) groups excluding carboxylic acids is 3. The third-order valence-corrected chi connectivity index (χ3v) is 8.99. The van der Waals surface area contributed by atoms with Crippen molar-refractivity contribution in [3.63, 3.8) is 0 Å². The van der Waals surface area contributed by atoms with Crippen molar-refractivity contribution in [1.29, 1.82) is 0 Å². The number of hydrogen-bond acceptors (Lipinski definition) is 9. The molecule has 3 amide bonds. The van der Waals surface area contributed by atoms with Gasteiger partial charge in [0.2, 0.25) is 0 Å². The van der Waals surface area contributed by atoms with Gasteiger partial charge in [-0.15, -0.1) is 0 Å². The smallest absolute Gasteiger partial charge is 0.264 e. The lowest BCUT2D eigenvalue weighted by atomic mass is 9.77. The fourth-order valence-electron chi connectivity index (χ4n) is 6.89. The quantitative estimate of drug-likeness (QED) is 0.284. The third-order valence-electron chi connectivity index (χ3n) is 8.99. The number of para-hydroxylation sites is 1. The van der Waals surface area contributed by atoms with E-state index in [1.165, 1.54) is 5.01 Å². The van der Waals surface area contributed by atoms with Crippen LogP contribution in [0.1, 0.15) is 50.3 Å². The van der Waals surface area contributed by atoms with Crippen molar-refractivity contribution in [3.05, 3.63) is 95.6 Å². The van der Waals surface area contributed by atoms with Gasteiger partial charge in [0.25, 0.3) is 17.7 Å². The number of rotatable bonds is 9. The summed E-state index contributed by atoms with van der Waals surface area (Å²) in [6, 6.07) is 22.2. The molecule has 240 valence electrons. The number of hydrogen-bond donors (Lipinski definition) is 0. The second-order valence-corrected chi connectivity index (χ2v) is 11.9. The SMILES string of the molecule is CCOc1ccc(/C=C2\CCC[C@@H]3C2=NN(C(=O)CN2N=N[C@@H]4C(=O)N(c5ccccc5)C(=O)[C@H]42)[C@@H]3c2ccc(OCC)cc2)cc1. The predicted octanol–water partition coefficient (Wildman–Crippen LogP) is 5.60. The molecule has 7 rings (SSSR count). The normalized spacial score (nSPS) is 24.1. The minimum absolute atomic E-state index is 0.0178. The zero-order valence-corrected chi connectivity index (χ0v) is 26.4. The second kappa shape index (κ2) is 12.8. The molecule has 3 heterocycles. The molecular weight excluding hydrogens is 596 g/mol. The second-order valence-electron chi connectivity index (χ2n) is 11.9. The minimum atomic E-state index is -0.992. The fourth-order valence-corrected chi connectivity index (χ4v) is 6.89. The number of ether oxygens (including phenoxy) is 2. The van der Waals surface area contributed by atoms with Crippen LogP contribution in [0.4, 0.5) is 5.69 Å². The Labute approximate surface area is 273 Å². The van der Waals surface area contributed by atoms with Gasteiger partial charge in [0.1, 0.15) is 18.0 Å². The van der Waals surface area contributed by atoms with Crippen molar-refractivity contribution < 1.29 is 23.9 Å². The molecule has 3 aliphatic heterocycles. The molecular formula is C36H36N6O5. The Bertz CT molecular complexity index is 1750. The minimum Gasteiger partial charge on any atom is -0.494 e. The van der Waals surface area contributed by atoms with Gasteiger partial charge in [0, 0.05) is 5.92 Å². The number of imide groups is 1. The van der Waals surface area contributed by atoms with Crippen LogP contribution in [0.2, 0.25) is 0 Å². The fraction of sp³-hybridized carbons (Fsp3) is 0.333. The summed E-state index contributed by atoms with van der Waals surface area (Å²) in [6.45, 7) is 4.80. The molecule has 11 nitrogen and oxygen atoms in total. The lowest BCUT2D eigenvalue weighted by Crippen LogP contribution is -2.45. The van der Waals surface area contributed by atoms with Gasteiger partial charge >= 0.3 is 0 Å². The highest BCUT2D eigenvalue weighted by Crippen LogP contribution is 2.45. The molecule has 3 aromatic carbocycles. The Morgan fingerprint density at radius 2 is 1.55 bits per heavy atom. The first-order chi connectivity index (χ1) is 23.0. The van der Waals surface area contributed by atoms with Gasteiger partial charge in [-0.1, -0.05) is 47.7 Å². The van der Waals surface area contributed by atoms with Gasteiger partial charge in [0.15, 0.2) is 12.1 Å². The summed E-state index contributed by atoms with van der Waals surface area (Å²) in [4.78, 5) is 42.0. The van der Waals surface area contributed by atoms with E-state index in [1.54, 1.807) is 29.3 Å². The van der Waals surface area contributed by atoms with Crippen LogP contribution in [0.15, 0.2) is 99.9 Å². The molecule has 0 unspecified atom stereocenters. The first-order valence-corrected chi connectivity index (χ1v) is 16.1. The molecule has 0 N–H and O–H groups in total. The summed E-state index contributed by atoms with van der Waals surface area (Å²) < 4.78 is 11.3. The number of hydrazone groups is 1. The molecule has 3 aromatic rings. The third kappa shape index (κ3) is 5.66. The molecule has 1 saturated carbocycles. The highest BCUT2D eigenvalue weighted by atomic mass is 16.5. The van der Waals surface area contributed by atoms with Crippen molar-refractivity contribution in [2.24, 2.45) is 21.4 Å². The highest BCUT2D eigenvalue weighted by Gasteiger charge is 2.55. The number of carbonyl (C=O) groups is 3. The Morgan fingerprint density at radius 3 is 2.23 bits per heavy atom. The summed E-state index contributed by atoms with van der Waals surface area (Å²) in [5, 5.41) is 16.1. The number of anilines is 1. The number of amides is 3. The summed E-state index contributed by atoms with van der Waals surface area (Å²) in [5.41, 5.74) is 4.42. The van der Waals surface area contributed by atoms with E-state index in [9.17, 15) is 14.4 Å². The molecule has 0 aromatic heterocycles. The van der Waals surface area contributed by atoms with E-state index in [2.05, 4.69) is 16.4 Å². The maximum Gasteiger partial charge on any atom is 0.264 e. The molecule has 0 bridgehead atoms. The number of nitrogens with zero attached hydrogens (tertiary/aromatic N) is 6. The predicted molar refractivity (Wildman–Crippen MR) is 176 cm³/mol. The van der Waals surface area contributed by atoms with Crippen molar-refractivity contribution in [1.82, 2.24) is 10.0 Å². The van der Waals surface area contributed by atoms with E-state index in [4.69, 9.17) is 14.6 Å². The summed E-state index contributed by atoms with van der Waals surface area (Å²) >= 11 is 0. The molecule has 11 heteroatoms. The Kier molecular flexibility index (Phi) is 8.28. The first-order valence-electron chi connectivity index (χ1n) is 16.1. The van der Waals surface area contributed by atoms with Crippen LogP contribution >= 0.6 is 0 Å². The van der Waals surface area contributed by atoms with Gasteiger partial charge < -0.3 is 9.47 Å². The van der Waals surface area contributed by atoms with E-state index in [1.807, 2.05) is 68.4 Å². The van der Waals surface area contributed by atoms with Gasteiger partial charge in [-0.2, -0.15) is 10.2 Å². The molecule has 0 radical (unpaired) electrons. The Hall–Kier alpha value is -5.32. The van der Waals surface area contributed by atoms with Crippen LogP contribution in [0, 0.1) is 5.92 Å². The molecule has 4 aliphatic rings. The number of benzene rings is 3. The van der Waals surface area contributed by atoms with Crippen LogP contribution in [0.25, 0.3) is 6.08 Å². The maximum absolute atomic E-state index is 14.2. The molecule has 1 saturated heterocycles. The van der Waals surface area contributed by atoms with Crippen LogP contribution < -0.4 is 14.4 Å². The highest BCUT2D eigenvalue weighted by molar-refractivity contribution is 6.25. The lowest BCUT2D eigenvalue weighted by Gasteiger charge is -2.30. The molecule has 2 fully saturated rings. The van der Waals surface area contributed by atoms with Crippen molar-refractivity contribution in [3.8, 4) is 11.5 Å². The Balaban J connectivity index is 1.18. The van der Waals surface area contributed by atoms with Crippen molar-refractivity contribution >= 4 is 35.2 Å².